The predicted molar refractivity (Wildman–Crippen MR) is 111 cm³/mol. The first-order valence-corrected chi connectivity index (χ1v) is 11.0. The second-order valence-corrected chi connectivity index (χ2v) is 9.66. The van der Waals surface area contributed by atoms with E-state index in [1.54, 1.807) is 0 Å². The maximum Gasteiger partial charge on any atom is 0.0431 e. The summed E-state index contributed by atoms with van der Waals surface area (Å²) in [4.78, 5) is 0. The van der Waals surface area contributed by atoms with Crippen molar-refractivity contribution in [1.29, 1.82) is 0 Å². The van der Waals surface area contributed by atoms with Crippen LogP contribution in [0.1, 0.15) is 124 Å². The molecule has 152 valence electrons. The Labute approximate surface area is 158 Å². The molecule has 0 aliphatic carbocycles. The SMILES string of the molecule is CC(C)(CCCO)CCCCCCCCCCCC(C)(C)CCCO. The highest BCUT2D eigenvalue weighted by Gasteiger charge is 2.17. The zero-order valence-corrected chi connectivity index (χ0v) is 17.9. The first-order chi connectivity index (χ1) is 11.8. The molecule has 0 saturated carbocycles. The summed E-state index contributed by atoms with van der Waals surface area (Å²) in [7, 11) is 0. The second-order valence-electron chi connectivity index (χ2n) is 9.66. The van der Waals surface area contributed by atoms with Gasteiger partial charge in [0.2, 0.25) is 0 Å². The standard InChI is InChI=1S/C23H48O2/c1-22(2,18-14-20-24)16-12-10-8-6-5-7-9-11-13-17-23(3,4)19-15-21-25/h24-25H,5-21H2,1-4H3. The maximum atomic E-state index is 8.94. The Morgan fingerprint density at radius 3 is 0.920 bits per heavy atom. The molecule has 0 amide bonds. The van der Waals surface area contributed by atoms with Crippen LogP contribution in [0, 0.1) is 10.8 Å². The van der Waals surface area contributed by atoms with Crippen LogP contribution in [0.4, 0.5) is 0 Å². The molecule has 2 N–H and O–H groups in total. The van der Waals surface area contributed by atoms with E-state index in [4.69, 9.17) is 10.2 Å². The first-order valence-electron chi connectivity index (χ1n) is 11.0. The van der Waals surface area contributed by atoms with Gasteiger partial charge >= 0.3 is 0 Å². The summed E-state index contributed by atoms with van der Waals surface area (Å²) < 4.78 is 0. The van der Waals surface area contributed by atoms with Crippen LogP contribution in [-0.2, 0) is 0 Å². The molecule has 0 heterocycles. The Morgan fingerprint density at radius 1 is 0.400 bits per heavy atom. The Morgan fingerprint density at radius 2 is 0.640 bits per heavy atom. The van der Waals surface area contributed by atoms with E-state index < -0.39 is 0 Å². The highest BCUT2D eigenvalue weighted by molar-refractivity contribution is 4.69. The molecule has 0 aromatic carbocycles. The molecule has 0 fully saturated rings. The van der Waals surface area contributed by atoms with E-state index in [0.717, 1.165) is 25.7 Å². The van der Waals surface area contributed by atoms with Gasteiger partial charge in [-0.15, -0.1) is 0 Å². The summed E-state index contributed by atoms with van der Waals surface area (Å²) in [6, 6.07) is 0. The van der Waals surface area contributed by atoms with Gasteiger partial charge in [0.25, 0.3) is 0 Å². The molecule has 2 heteroatoms. The largest absolute Gasteiger partial charge is 0.396 e. The molecule has 0 unspecified atom stereocenters. The monoisotopic (exact) mass is 356 g/mol. The number of unbranched alkanes of at least 4 members (excludes halogenated alkanes) is 8. The molecule has 2 nitrogen and oxygen atoms in total. The lowest BCUT2D eigenvalue weighted by atomic mass is 9.82. The lowest BCUT2D eigenvalue weighted by Gasteiger charge is -2.24. The van der Waals surface area contributed by atoms with Gasteiger partial charge in [0, 0.05) is 13.2 Å². The van der Waals surface area contributed by atoms with E-state index in [1.807, 2.05) is 0 Å². The summed E-state index contributed by atoms with van der Waals surface area (Å²) in [6.45, 7) is 10.0. The molecule has 25 heavy (non-hydrogen) atoms. The molecule has 0 saturated heterocycles. The van der Waals surface area contributed by atoms with Gasteiger partial charge in [0.15, 0.2) is 0 Å². The Bertz CT molecular complexity index is 256. The van der Waals surface area contributed by atoms with E-state index in [-0.39, 0.29) is 0 Å². The normalized spacial score (nSPS) is 12.7. The summed E-state index contributed by atoms with van der Waals surface area (Å²) in [5.41, 5.74) is 0.821. The minimum Gasteiger partial charge on any atom is -0.396 e. The lowest BCUT2D eigenvalue weighted by molar-refractivity contribution is 0.228. The second kappa shape index (κ2) is 15.0. The smallest absolute Gasteiger partial charge is 0.0431 e. The average molecular weight is 357 g/mol. The molecule has 0 aromatic rings. The number of hydrogen-bond acceptors (Lipinski definition) is 2. The van der Waals surface area contributed by atoms with Gasteiger partial charge in [-0.2, -0.15) is 0 Å². The van der Waals surface area contributed by atoms with Gasteiger partial charge in [-0.3, -0.25) is 0 Å². The van der Waals surface area contributed by atoms with Crippen molar-refractivity contribution in [3.63, 3.8) is 0 Å². The van der Waals surface area contributed by atoms with Crippen molar-refractivity contribution in [1.82, 2.24) is 0 Å². The first kappa shape index (κ1) is 24.9. The van der Waals surface area contributed by atoms with E-state index in [9.17, 15) is 0 Å². The number of aliphatic hydroxyl groups is 2. The Kier molecular flexibility index (Phi) is 15.0. The fourth-order valence-corrected chi connectivity index (χ4v) is 3.81. The van der Waals surface area contributed by atoms with Crippen molar-refractivity contribution >= 4 is 0 Å². The van der Waals surface area contributed by atoms with Crippen molar-refractivity contribution in [2.45, 2.75) is 124 Å². The molecule has 0 radical (unpaired) electrons. The van der Waals surface area contributed by atoms with Crippen molar-refractivity contribution < 1.29 is 10.2 Å². The van der Waals surface area contributed by atoms with Crippen molar-refractivity contribution in [3.8, 4) is 0 Å². The predicted octanol–water partition coefficient (Wildman–Crippen LogP) is 6.87. The molecule has 0 aliphatic rings. The molecular weight excluding hydrogens is 308 g/mol. The summed E-state index contributed by atoms with van der Waals surface area (Å²) >= 11 is 0. The third kappa shape index (κ3) is 17.1. The van der Waals surface area contributed by atoms with Crippen LogP contribution >= 0.6 is 0 Å². The van der Waals surface area contributed by atoms with Crippen LogP contribution in [0.3, 0.4) is 0 Å². The molecule has 0 atom stereocenters. The van der Waals surface area contributed by atoms with Gasteiger partial charge in [0.1, 0.15) is 0 Å². The van der Waals surface area contributed by atoms with Crippen molar-refractivity contribution in [2.75, 3.05) is 13.2 Å². The lowest BCUT2D eigenvalue weighted by Crippen LogP contribution is -2.11. The van der Waals surface area contributed by atoms with Gasteiger partial charge < -0.3 is 10.2 Å². The summed E-state index contributed by atoms with van der Waals surface area (Å²) in [6.07, 6.45) is 19.3. The number of hydrogen-bond donors (Lipinski definition) is 2. The molecule has 0 aliphatic heterocycles. The van der Waals surface area contributed by atoms with Crippen LogP contribution in [0.25, 0.3) is 0 Å². The van der Waals surface area contributed by atoms with E-state index in [2.05, 4.69) is 27.7 Å². The quantitative estimate of drug-likeness (QED) is 0.263. The molecule has 0 aromatic heterocycles. The molecule has 0 spiro atoms. The van der Waals surface area contributed by atoms with E-state index in [1.165, 1.54) is 70.6 Å². The zero-order chi connectivity index (χ0) is 19.0. The fourth-order valence-electron chi connectivity index (χ4n) is 3.81. The molecular formula is C23H48O2. The van der Waals surface area contributed by atoms with Gasteiger partial charge in [-0.25, -0.2) is 0 Å². The van der Waals surface area contributed by atoms with E-state index in [0.29, 0.717) is 24.0 Å². The summed E-state index contributed by atoms with van der Waals surface area (Å²) in [5.74, 6) is 0. The van der Waals surface area contributed by atoms with E-state index >= 15 is 0 Å². The van der Waals surface area contributed by atoms with Gasteiger partial charge in [-0.05, 0) is 49.4 Å². The van der Waals surface area contributed by atoms with Crippen molar-refractivity contribution in [2.24, 2.45) is 10.8 Å². The third-order valence-corrected chi connectivity index (χ3v) is 5.73. The van der Waals surface area contributed by atoms with Crippen molar-refractivity contribution in [3.05, 3.63) is 0 Å². The van der Waals surface area contributed by atoms with Gasteiger partial charge in [-0.1, -0.05) is 85.5 Å². The van der Waals surface area contributed by atoms with Crippen LogP contribution < -0.4 is 0 Å². The molecule has 0 bridgehead atoms. The Hall–Kier alpha value is -0.0800. The zero-order valence-electron chi connectivity index (χ0n) is 17.9. The minimum atomic E-state index is 0.337. The maximum absolute atomic E-state index is 8.94. The summed E-state index contributed by atoms with van der Waals surface area (Å²) in [5, 5.41) is 17.9. The molecule has 0 rings (SSSR count). The Balaban J connectivity index is 3.37. The highest BCUT2D eigenvalue weighted by Crippen LogP contribution is 2.30. The fraction of sp³-hybridized carbons (Fsp3) is 1.00. The number of rotatable bonds is 18. The topological polar surface area (TPSA) is 40.5 Å². The van der Waals surface area contributed by atoms with Crippen LogP contribution in [0.2, 0.25) is 0 Å². The number of aliphatic hydroxyl groups excluding tert-OH is 2. The minimum absolute atomic E-state index is 0.337. The van der Waals surface area contributed by atoms with Crippen LogP contribution in [-0.4, -0.2) is 23.4 Å². The van der Waals surface area contributed by atoms with Crippen LogP contribution in [0.5, 0.6) is 0 Å². The third-order valence-electron chi connectivity index (χ3n) is 5.73. The van der Waals surface area contributed by atoms with Crippen LogP contribution in [0.15, 0.2) is 0 Å². The van der Waals surface area contributed by atoms with Gasteiger partial charge in [0.05, 0.1) is 0 Å². The average Bonchev–Trinajstić information content (AvgIpc) is 2.56. The highest BCUT2D eigenvalue weighted by atomic mass is 16.3.